The molecule has 0 radical (unpaired) electrons. The van der Waals surface area contributed by atoms with E-state index in [2.05, 4.69) is 0 Å². The zero-order valence-electron chi connectivity index (χ0n) is 17.1. The second-order valence-electron chi connectivity index (χ2n) is 7.73. The van der Waals surface area contributed by atoms with Crippen LogP contribution in [0.25, 0.3) is 11.1 Å². The van der Waals surface area contributed by atoms with Crippen LogP contribution in [0.1, 0.15) is 19.3 Å². The molecular formula is C24H24ClNO4S. The summed E-state index contributed by atoms with van der Waals surface area (Å²) >= 11 is 6.53. The number of sulfonamides is 1. The van der Waals surface area contributed by atoms with E-state index in [1.807, 2.05) is 60.7 Å². The zero-order chi connectivity index (χ0) is 22.0. The second-order valence-corrected chi connectivity index (χ2v) is 10.00. The maximum absolute atomic E-state index is 12.5. The van der Waals surface area contributed by atoms with Crippen LogP contribution in [-0.2, 0) is 10.0 Å². The van der Waals surface area contributed by atoms with Gasteiger partial charge in [0, 0.05) is 0 Å². The van der Waals surface area contributed by atoms with Crippen molar-refractivity contribution >= 4 is 27.3 Å². The standard InChI is InChI=1S/C24H24ClNO4S/c1-31(28,29)26(23-8-5-9-24(23)27)22-15-12-18(16-21(22)25)17-10-13-20(14-11-17)30-19-6-3-2-4-7-19/h2-4,6-7,10-16,23-24,27H,5,8-9H2,1H3. The van der Waals surface area contributed by atoms with E-state index >= 15 is 0 Å². The lowest BCUT2D eigenvalue weighted by Crippen LogP contribution is -2.44. The third kappa shape index (κ3) is 4.87. The van der Waals surface area contributed by atoms with Crippen LogP contribution in [0, 0.1) is 0 Å². The van der Waals surface area contributed by atoms with Gasteiger partial charge in [-0.1, -0.05) is 48.0 Å². The number of hydrogen-bond acceptors (Lipinski definition) is 4. The van der Waals surface area contributed by atoms with Gasteiger partial charge in [0.15, 0.2) is 0 Å². The highest BCUT2D eigenvalue weighted by Crippen LogP contribution is 2.37. The SMILES string of the molecule is CS(=O)(=O)N(c1ccc(-c2ccc(Oc3ccccc3)cc2)cc1Cl)C1CCCC1O. The van der Waals surface area contributed by atoms with Gasteiger partial charge >= 0.3 is 0 Å². The van der Waals surface area contributed by atoms with Crippen molar-refractivity contribution in [3.05, 3.63) is 77.8 Å². The van der Waals surface area contributed by atoms with Crippen LogP contribution in [0.3, 0.4) is 0 Å². The molecular weight excluding hydrogens is 434 g/mol. The zero-order valence-corrected chi connectivity index (χ0v) is 18.7. The molecule has 4 rings (SSSR count). The van der Waals surface area contributed by atoms with Crippen molar-refractivity contribution in [2.45, 2.75) is 31.4 Å². The molecule has 1 N–H and O–H groups in total. The predicted octanol–water partition coefficient (Wildman–Crippen LogP) is 5.48. The smallest absolute Gasteiger partial charge is 0.232 e. The lowest BCUT2D eigenvalue weighted by Gasteiger charge is -2.31. The summed E-state index contributed by atoms with van der Waals surface area (Å²) in [5, 5.41) is 10.6. The van der Waals surface area contributed by atoms with Crippen molar-refractivity contribution in [2.75, 3.05) is 10.6 Å². The second kappa shape index (κ2) is 8.91. The van der Waals surface area contributed by atoms with Crippen molar-refractivity contribution < 1.29 is 18.3 Å². The van der Waals surface area contributed by atoms with Crippen molar-refractivity contribution in [2.24, 2.45) is 0 Å². The van der Waals surface area contributed by atoms with E-state index in [4.69, 9.17) is 16.3 Å². The summed E-state index contributed by atoms with van der Waals surface area (Å²) in [5.41, 5.74) is 2.18. The molecule has 3 aromatic carbocycles. The molecule has 1 aliphatic carbocycles. The fourth-order valence-electron chi connectivity index (χ4n) is 4.00. The number of halogens is 1. The minimum Gasteiger partial charge on any atom is -0.457 e. The van der Waals surface area contributed by atoms with Gasteiger partial charge in [-0.25, -0.2) is 8.42 Å². The van der Waals surface area contributed by atoms with E-state index in [0.29, 0.717) is 23.6 Å². The Hall–Kier alpha value is -2.54. The van der Waals surface area contributed by atoms with Gasteiger partial charge in [0.2, 0.25) is 10.0 Å². The molecule has 162 valence electrons. The van der Waals surface area contributed by atoms with Crippen LogP contribution in [-0.4, -0.2) is 31.9 Å². The maximum atomic E-state index is 12.5. The van der Waals surface area contributed by atoms with E-state index < -0.39 is 22.2 Å². The third-order valence-electron chi connectivity index (χ3n) is 5.45. The van der Waals surface area contributed by atoms with Gasteiger partial charge in [0.05, 0.1) is 29.1 Å². The Morgan fingerprint density at radius 2 is 1.58 bits per heavy atom. The molecule has 3 aromatic rings. The van der Waals surface area contributed by atoms with Crippen molar-refractivity contribution in [1.82, 2.24) is 0 Å². The Morgan fingerprint density at radius 3 is 2.16 bits per heavy atom. The van der Waals surface area contributed by atoms with Gasteiger partial charge in [0.25, 0.3) is 0 Å². The fraction of sp³-hybridized carbons (Fsp3) is 0.250. The molecule has 0 aliphatic heterocycles. The average molecular weight is 458 g/mol. The number of benzene rings is 3. The van der Waals surface area contributed by atoms with E-state index in [-0.39, 0.29) is 0 Å². The molecule has 0 aromatic heterocycles. The molecule has 1 fully saturated rings. The third-order valence-corrected chi connectivity index (χ3v) is 6.94. The maximum Gasteiger partial charge on any atom is 0.232 e. The first-order chi connectivity index (χ1) is 14.8. The Balaban J connectivity index is 1.59. The highest BCUT2D eigenvalue weighted by atomic mass is 35.5. The number of aliphatic hydroxyl groups excluding tert-OH is 1. The minimum atomic E-state index is -3.60. The number of para-hydroxylation sites is 1. The summed E-state index contributed by atoms with van der Waals surface area (Å²) in [5.74, 6) is 1.48. The monoisotopic (exact) mass is 457 g/mol. The Morgan fingerprint density at radius 1 is 0.935 bits per heavy atom. The van der Waals surface area contributed by atoms with Crippen molar-refractivity contribution in [3.63, 3.8) is 0 Å². The Bertz CT molecular complexity index is 1150. The number of anilines is 1. The van der Waals surface area contributed by atoms with Gasteiger partial charge < -0.3 is 9.84 Å². The molecule has 0 heterocycles. The molecule has 0 amide bonds. The van der Waals surface area contributed by atoms with Crippen LogP contribution in [0.15, 0.2) is 72.8 Å². The van der Waals surface area contributed by atoms with Crippen LogP contribution < -0.4 is 9.04 Å². The quantitative estimate of drug-likeness (QED) is 0.532. The molecule has 7 heteroatoms. The highest BCUT2D eigenvalue weighted by molar-refractivity contribution is 7.92. The van der Waals surface area contributed by atoms with Gasteiger partial charge in [-0.05, 0) is 66.8 Å². The molecule has 2 atom stereocenters. The summed E-state index contributed by atoms with van der Waals surface area (Å²) in [4.78, 5) is 0. The summed E-state index contributed by atoms with van der Waals surface area (Å²) < 4.78 is 32.1. The first kappa shape index (κ1) is 21.7. The van der Waals surface area contributed by atoms with Crippen LogP contribution in [0.2, 0.25) is 5.02 Å². The molecule has 0 saturated heterocycles. The minimum absolute atomic E-state index is 0.326. The molecule has 5 nitrogen and oxygen atoms in total. The number of hydrogen-bond donors (Lipinski definition) is 1. The van der Waals surface area contributed by atoms with Crippen molar-refractivity contribution in [3.8, 4) is 22.6 Å². The summed E-state index contributed by atoms with van der Waals surface area (Å²) in [7, 11) is -3.60. The Kier molecular flexibility index (Phi) is 6.23. The van der Waals surface area contributed by atoms with Gasteiger partial charge in [-0.15, -0.1) is 0 Å². The van der Waals surface area contributed by atoms with Gasteiger partial charge in [0.1, 0.15) is 11.5 Å². The van der Waals surface area contributed by atoms with Crippen molar-refractivity contribution in [1.29, 1.82) is 0 Å². The van der Waals surface area contributed by atoms with Crippen LogP contribution in [0.5, 0.6) is 11.5 Å². The first-order valence-corrected chi connectivity index (χ1v) is 12.4. The first-order valence-electron chi connectivity index (χ1n) is 10.1. The van der Waals surface area contributed by atoms with E-state index in [0.717, 1.165) is 35.3 Å². The van der Waals surface area contributed by atoms with Crippen LogP contribution >= 0.6 is 11.6 Å². The number of ether oxygens (including phenoxy) is 1. The van der Waals surface area contributed by atoms with Crippen LogP contribution in [0.4, 0.5) is 5.69 Å². The largest absolute Gasteiger partial charge is 0.457 e. The number of nitrogens with zero attached hydrogens (tertiary/aromatic N) is 1. The lowest BCUT2D eigenvalue weighted by molar-refractivity contribution is 0.166. The summed E-state index contributed by atoms with van der Waals surface area (Å²) in [6.45, 7) is 0. The predicted molar refractivity (Wildman–Crippen MR) is 124 cm³/mol. The van der Waals surface area contributed by atoms with Gasteiger partial charge in [-0.2, -0.15) is 0 Å². The Labute approximate surface area is 187 Å². The number of aliphatic hydroxyl groups is 1. The average Bonchev–Trinajstić information content (AvgIpc) is 3.15. The van der Waals surface area contributed by atoms with Gasteiger partial charge in [-0.3, -0.25) is 4.31 Å². The van der Waals surface area contributed by atoms with E-state index in [9.17, 15) is 13.5 Å². The molecule has 0 spiro atoms. The normalized spacial score (nSPS) is 18.7. The molecule has 1 aliphatic rings. The summed E-state index contributed by atoms with van der Waals surface area (Å²) in [6, 6.07) is 22.0. The topological polar surface area (TPSA) is 66.8 Å². The number of rotatable bonds is 6. The molecule has 2 unspecified atom stereocenters. The van der Waals surface area contributed by atoms with E-state index in [1.54, 1.807) is 12.1 Å². The molecule has 31 heavy (non-hydrogen) atoms. The molecule has 0 bridgehead atoms. The summed E-state index contributed by atoms with van der Waals surface area (Å²) in [6.07, 6.45) is 2.43. The highest BCUT2D eigenvalue weighted by Gasteiger charge is 2.36. The fourth-order valence-corrected chi connectivity index (χ4v) is 5.58. The van der Waals surface area contributed by atoms with E-state index in [1.165, 1.54) is 4.31 Å². The molecule has 1 saturated carbocycles. The lowest BCUT2D eigenvalue weighted by atomic mass is 10.0.